The van der Waals surface area contributed by atoms with Crippen LogP contribution in [-0.2, 0) is 12.8 Å². The average molecular weight is 413 g/mol. The first-order valence-electron chi connectivity index (χ1n) is 9.23. The van der Waals surface area contributed by atoms with E-state index in [1.807, 2.05) is 37.1 Å². The minimum Gasteiger partial charge on any atom is -0.325 e. The molecule has 0 spiro atoms. The first kappa shape index (κ1) is 18.7. The largest absolute Gasteiger partial charge is 0.328 e. The van der Waals surface area contributed by atoms with Crippen LogP contribution < -0.4 is 0 Å². The number of hydrogen-bond acceptors (Lipinski definition) is 1. The zero-order valence-corrected chi connectivity index (χ0v) is 17.2. The maximum absolute atomic E-state index is 12.9. The monoisotopic (exact) mass is 412 g/mol. The van der Waals surface area contributed by atoms with Crippen LogP contribution in [-0.4, -0.2) is 28.6 Å². The summed E-state index contributed by atoms with van der Waals surface area (Å²) in [6.07, 6.45) is 3.87. The van der Waals surface area contributed by atoms with Gasteiger partial charge in [-0.15, -0.1) is 0 Å². The maximum Gasteiger partial charge on any atom is 0.328 e. The molecule has 0 aliphatic rings. The third-order valence-corrected chi connectivity index (χ3v) is 5.41. The summed E-state index contributed by atoms with van der Waals surface area (Å²) in [4.78, 5) is 14.8. The molecule has 0 saturated carbocycles. The normalized spacial score (nSPS) is 11.1. The van der Waals surface area contributed by atoms with Gasteiger partial charge in [0.05, 0.1) is 5.52 Å². The molecule has 0 radical (unpaired) electrons. The number of aryl methyl sites for hydroxylation is 1. The highest BCUT2D eigenvalue weighted by atomic mass is 79.9. The summed E-state index contributed by atoms with van der Waals surface area (Å²) in [5.41, 5.74) is 4.74. The highest BCUT2D eigenvalue weighted by molar-refractivity contribution is 9.10. The van der Waals surface area contributed by atoms with E-state index < -0.39 is 0 Å². The van der Waals surface area contributed by atoms with Crippen LogP contribution in [0.4, 0.5) is 4.79 Å². The Morgan fingerprint density at radius 2 is 1.65 bits per heavy atom. The van der Waals surface area contributed by atoms with Gasteiger partial charge in [0.2, 0.25) is 0 Å². The van der Waals surface area contributed by atoms with Crippen LogP contribution in [0.15, 0.2) is 53.1 Å². The quantitative estimate of drug-likeness (QED) is 0.514. The summed E-state index contributed by atoms with van der Waals surface area (Å²) in [7, 11) is 0. The molecular weight excluding hydrogens is 388 g/mol. The van der Waals surface area contributed by atoms with Gasteiger partial charge in [-0.3, -0.25) is 4.57 Å². The van der Waals surface area contributed by atoms with Crippen molar-refractivity contribution < 1.29 is 4.79 Å². The van der Waals surface area contributed by atoms with Gasteiger partial charge in [-0.25, -0.2) is 4.79 Å². The van der Waals surface area contributed by atoms with Gasteiger partial charge in [-0.1, -0.05) is 47.1 Å². The number of hydrogen-bond donors (Lipinski definition) is 0. The summed E-state index contributed by atoms with van der Waals surface area (Å²) in [5, 5.41) is 1.12. The van der Waals surface area contributed by atoms with E-state index in [2.05, 4.69) is 53.2 Å². The standard InChI is InChI=1S/C22H25BrN2O/c1-4-16-7-9-17(10-8-16)13-18-15-25(22(26)24(5-2)6-3)21-12-11-19(23)14-20(18)21/h7-12,14-15H,4-6,13H2,1-3H3. The predicted octanol–water partition coefficient (Wildman–Crippen LogP) is 5.87. The molecular formula is C22H25BrN2O. The summed E-state index contributed by atoms with van der Waals surface area (Å²) >= 11 is 3.57. The second-order valence-electron chi connectivity index (χ2n) is 6.49. The molecule has 3 aromatic rings. The average Bonchev–Trinajstić information content (AvgIpc) is 3.01. The molecule has 136 valence electrons. The van der Waals surface area contributed by atoms with E-state index in [1.54, 1.807) is 4.57 Å². The Hall–Kier alpha value is -2.07. The van der Waals surface area contributed by atoms with E-state index in [0.717, 1.165) is 28.2 Å². The van der Waals surface area contributed by atoms with E-state index >= 15 is 0 Å². The number of fused-ring (bicyclic) bond motifs is 1. The summed E-state index contributed by atoms with van der Waals surface area (Å²) in [6, 6.07) is 14.9. The molecule has 3 rings (SSSR count). The Bertz CT molecular complexity index is 908. The molecule has 0 unspecified atom stereocenters. The fourth-order valence-corrected chi connectivity index (χ4v) is 3.69. The molecule has 0 N–H and O–H groups in total. The van der Waals surface area contributed by atoms with Crippen LogP contribution in [0.25, 0.3) is 10.9 Å². The van der Waals surface area contributed by atoms with Crippen molar-refractivity contribution in [2.45, 2.75) is 33.6 Å². The van der Waals surface area contributed by atoms with Gasteiger partial charge in [0.1, 0.15) is 0 Å². The molecule has 2 aromatic carbocycles. The number of aromatic nitrogens is 1. The lowest BCUT2D eigenvalue weighted by Crippen LogP contribution is -2.33. The van der Waals surface area contributed by atoms with Crippen LogP contribution in [0.5, 0.6) is 0 Å². The summed E-state index contributed by atoms with van der Waals surface area (Å²) in [5.74, 6) is 0. The summed E-state index contributed by atoms with van der Waals surface area (Å²) in [6.45, 7) is 7.61. The number of amides is 1. The minimum absolute atomic E-state index is 0.0369. The molecule has 0 saturated heterocycles. The van der Waals surface area contributed by atoms with Gasteiger partial charge in [0.25, 0.3) is 0 Å². The SMILES string of the molecule is CCc1ccc(Cc2cn(C(=O)N(CC)CC)c3ccc(Br)cc23)cc1. The van der Waals surface area contributed by atoms with Crippen molar-refractivity contribution in [1.82, 2.24) is 9.47 Å². The zero-order chi connectivity index (χ0) is 18.7. The van der Waals surface area contributed by atoms with E-state index in [-0.39, 0.29) is 6.03 Å². The van der Waals surface area contributed by atoms with E-state index in [0.29, 0.717) is 13.1 Å². The fraction of sp³-hybridized carbons (Fsp3) is 0.318. The Labute approximate surface area is 163 Å². The van der Waals surface area contributed by atoms with Crippen LogP contribution in [0.3, 0.4) is 0 Å². The van der Waals surface area contributed by atoms with Gasteiger partial charge in [-0.2, -0.15) is 0 Å². The number of nitrogens with zero attached hydrogens (tertiary/aromatic N) is 2. The fourth-order valence-electron chi connectivity index (χ4n) is 3.33. The number of carbonyl (C=O) groups excluding carboxylic acids is 1. The minimum atomic E-state index is 0.0369. The van der Waals surface area contributed by atoms with Crippen molar-refractivity contribution in [1.29, 1.82) is 0 Å². The van der Waals surface area contributed by atoms with Crippen molar-refractivity contribution in [3.05, 3.63) is 69.8 Å². The lowest BCUT2D eigenvalue weighted by atomic mass is 10.0. The first-order chi connectivity index (χ1) is 12.6. The molecule has 1 aromatic heterocycles. The predicted molar refractivity (Wildman–Crippen MR) is 112 cm³/mol. The second-order valence-corrected chi connectivity index (χ2v) is 7.40. The highest BCUT2D eigenvalue weighted by Gasteiger charge is 2.18. The number of rotatable bonds is 5. The van der Waals surface area contributed by atoms with Crippen molar-refractivity contribution >= 4 is 32.9 Å². The van der Waals surface area contributed by atoms with Crippen molar-refractivity contribution in [3.63, 3.8) is 0 Å². The molecule has 0 bridgehead atoms. The number of carbonyl (C=O) groups is 1. The van der Waals surface area contributed by atoms with Crippen LogP contribution in [0.2, 0.25) is 0 Å². The van der Waals surface area contributed by atoms with Gasteiger partial charge < -0.3 is 4.90 Å². The molecule has 1 amide bonds. The molecule has 26 heavy (non-hydrogen) atoms. The molecule has 1 heterocycles. The van der Waals surface area contributed by atoms with Crippen molar-refractivity contribution in [2.75, 3.05) is 13.1 Å². The van der Waals surface area contributed by atoms with Gasteiger partial charge in [0, 0.05) is 29.1 Å². The molecule has 0 atom stereocenters. The lowest BCUT2D eigenvalue weighted by molar-refractivity contribution is 0.206. The van der Waals surface area contributed by atoms with Gasteiger partial charge >= 0.3 is 6.03 Å². The molecule has 0 aliphatic heterocycles. The topological polar surface area (TPSA) is 25.2 Å². The van der Waals surface area contributed by atoms with Crippen molar-refractivity contribution in [2.24, 2.45) is 0 Å². The van der Waals surface area contributed by atoms with Crippen LogP contribution >= 0.6 is 15.9 Å². The Balaban J connectivity index is 2.04. The van der Waals surface area contributed by atoms with E-state index in [4.69, 9.17) is 0 Å². The molecule has 0 aliphatic carbocycles. The Morgan fingerprint density at radius 3 is 2.27 bits per heavy atom. The van der Waals surface area contributed by atoms with Gasteiger partial charge in [-0.05, 0) is 61.6 Å². The summed E-state index contributed by atoms with van der Waals surface area (Å²) < 4.78 is 2.82. The second kappa shape index (κ2) is 8.09. The molecule has 0 fully saturated rings. The third-order valence-electron chi connectivity index (χ3n) is 4.91. The lowest BCUT2D eigenvalue weighted by Gasteiger charge is -2.19. The Kier molecular flexibility index (Phi) is 5.82. The van der Waals surface area contributed by atoms with Crippen LogP contribution in [0.1, 0.15) is 37.5 Å². The molecule has 3 nitrogen and oxygen atoms in total. The van der Waals surface area contributed by atoms with Gasteiger partial charge in [0.15, 0.2) is 0 Å². The third kappa shape index (κ3) is 3.70. The zero-order valence-electron chi connectivity index (χ0n) is 15.6. The highest BCUT2D eigenvalue weighted by Crippen LogP contribution is 2.27. The molecule has 4 heteroatoms. The van der Waals surface area contributed by atoms with E-state index in [1.165, 1.54) is 16.7 Å². The van der Waals surface area contributed by atoms with E-state index in [9.17, 15) is 4.79 Å². The Morgan fingerprint density at radius 1 is 1.00 bits per heavy atom. The van der Waals surface area contributed by atoms with Crippen molar-refractivity contribution in [3.8, 4) is 0 Å². The number of benzene rings is 2. The van der Waals surface area contributed by atoms with Crippen LogP contribution in [0, 0.1) is 0 Å². The smallest absolute Gasteiger partial charge is 0.325 e. The first-order valence-corrected chi connectivity index (χ1v) is 10.0. The number of halogens is 1. The maximum atomic E-state index is 12.9.